The van der Waals surface area contributed by atoms with Crippen molar-refractivity contribution in [2.75, 3.05) is 13.1 Å². The first-order valence-corrected chi connectivity index (χ1v) is 12.5. The number of rotatable bonds is 7. The fourth-order valence-electron chi connectivity index (χ4n) is 5.85. The van der Waals surface area contributed by atoms with Crippen LogP contribution < -0.4 is 5.32 Å². The summed E-state index contributed by atoms with van der Waals surface area (Å²) in [5.41, 5.74) is 0.0449. The molecule has 2 amide bonds. The van der Waals surface area contributed by atoms with E-state index in [1.54, 1.807) is 12.1 Å². The number of piperidine rings is 1. The van der Waals surface area contributed by atoms with E-state index in [1.165, 1.54) is 31.7 Å². The molecule has 1 aliphatic carbocycles. The van der Waals surface area contributed by atoms with Crippen LogP contribution in [0.4, 0.5) is 4.39 Å². The summed E-state index contributed by atoms with van der Waals surface area (Å²) < 4.78 is 14.4. The van der Waals surface area contributed by atoms with Gasteiger partial charge < -0.3 is 9.80 Å². The Morgan fingerprint density at radius 3 is 2.53 bits per heavy atom. The van der Waals surface area contributed by atoms with Crippen molar-refractivity contribution in [1.82, 2.24) is 15.1 Å². The fraction of sp³-hybridized carbons (Fsp3) is 0.692. The van der Waals surface area contributed by atoms with Gasteiger partial charge in [0.2, 0.25) is 11.8 Å². The van der Waals surface area contributed by atoms with Gasteiger partial charge in [-0.25, -0.2) is 4.39 Å². The molecule has 1 aromatic rings. The maximum absolute atomic E-state index is 14.4. The minimum Gasteiger partial charge on any atom is -0.342 e. The summed E-state index contributed by atoms with van der Waals surface area (Å²) in [5.74, 6) is 1.14. The summed E-state index contributed by atoms with van der Waals surface area (Å²) in [6.07, 6.45) is 8.94. The van der Waals surface area contributed by atoms with Crippen LogP contribution in [0.1, 0.15) is 77.2 Å². The quantitative estimate of drug-likeness (QED) is 0.677. The average molecular weight is 444 g/mol. The maximum atomic E-state index is 14.4. The molecule has 6 heteroatoms. The van der Waals surface area contributed by atoms with Crippen LogP contribution in [0.2, 0.25) is 0 Å². The molecule has 1 aromatic carbocycles. The van der Waals surface area contributed by atoms with Gasteiger partial charge in [-0.3, -0.25) is 14.9 Å². The maximum Gasteiger partial charge on any atom is 0.241 e. The average Bonchev–Trinajstić information content (AvgIpc) is 3.37. The van der Waals surface area contributed by atoms with Crippen LogP contribution in [0, 0.1) is 17.7 Å². The van der Waals surface area contributed by atoms with Gasteiger partial charge in [0.05, 0.1) is 18.2 Å². The van der Waals surface area contributed by atoms with Crippen molar-refractivity contribution in [2.24, 2.45) is 11.8 Å². The van der Waals surface area contributed by atoms with E-state index in [9.17, 15) is 14.0 Å². The first-order chi connectivity index (χ1) is 15.4. The van der Waals surface area contributed by atoms with Crippen molar-refractivity contribution in [2.45, 2.75) is 89.9 Å². The smallest absolute Gasteiger partial charge is 0.241 e. The number of amides is 2. The number of nitrogens with zero attached hydrogens (tertiary/aromatic N) is 2. The van der Waals surface area contributed by atoms with Gasteiger partial charge in [0.25, 0.3) is 0 Å². The van der Waals surface area contributed by atoms with Gasteiger partial charge in [-0.1, -0.05) is 57.7 Å². The fourth-order valence-corrected chi connectivity index (χ4v) is 5.85. The van der Waals surface area contributed by atoms with Gasteiger partial charge in [0.15, 0.2) is 0 Å². The molecule has 1 saturated carbocycles. The molecule has 0 radical (unpaired) electrons. The van der Waals surface area contributed by atoms with Crippen LogP contribution in [0.3, 0.4) is 0 Å². The van der Waals surface area contributed by atoms with Gasteiger partial charge in [0, 0.05) is 37.9 Å². The highest BCUT2D eigenvalue weighted by Crippen LogP contribution is 2.36. The van der Waals surface area contributed by atoms with Crippen molar-refractivity contribution in [1.29, 1.82) is 0 Å². The Bertz CT molecular complexity index is 813. The Balaban J connectivity index is 1.43. The lowest BCUT2D eigenvalue weighted by molar-refractivity contribution is -0.138. The van der Waals surface area contributed by atoms with E-state index in [0.29, 0.717) is 43.8 Å². The van der Waals surface area contributed by atoms with Gasteiger partial charge in [-0.15, -0.1) is 0 Å². The second-order valence-corrected chi connectivity index (χ2v) is 10.4. The summed E-state index contributed by atoms with van der Waals surface area (Å²) in [6.45, 7) is 5.79. The number of halogens is 1. The normalized spacial score (nSPS) is 23.6. The zero-order valence-corrected chi connectivity index (χ0v) is 19.6. The summed E-state index contributed by atoms with van der Waals surface area (Å²) in [4.78, 5) is 30.0. The highest BCUT2D eigenvalue weighted by Gasteiger charge is 2.51. The van der Waals surface area contributed by atoms with Crippen LogP contribution in [-0.4, -0.2) is 46.4 Å². The van der Waals surface area contributed by atoms with E-state index >= 15 is 0 Å². The van der Waals surface area contributed by atoms with Gasteiger partial charge in [-0.2, -0.15) is 0 Å². The highest BCUT2D eigenvalue weighted by atomic mass is 19.1. The van der Waals surface area contributed by atoms with Crippen molar-refractivity contribution in [3.63, 3.8) is 0 Å². The van der Waals surface area contributed by atoms with E-state index in [-0.39, 0.29) is 30.2 Å². The van der Waals surface area contributed by atoms with Crippen LogP contribution >= 0.6 is 0 Å². The van der Waals surface area contributed by atoms with E-state index < -0.39 is 5.66 Å². The van der Waals surface area contributed by atoms with Crippen LogP contribution in [0.15, 0.2) is 24.3 Å². The number of nitrogens with one attached hydrogen (secondary N) is 1. The molecule has 5 nitrogen and oxygen atoms in total. The Hall–Kier alpha value is -1.95. The lowest BCUT2D eigenvalue weighted by Gasteiger charge is -2.45. The predicted octanol–water partition coefficient (Wildman–Crippen LogP) is 4.46. The Morgan fingerprint density at radius 1 is 1.19 bits per heavy atom. The molecule has 4 rings (SSSR count). The van der Waals surface area contributed by atoms with E-state index in [0.717, 1.165) is 18.8 Å². The van der Waals surface area contributed by atoms with Crippen molar-refractivity contribution >= 4 is 11.8 Å². The molecule has 3 aliphatic rings. The Morgan fingerprint density at radius 2 is 1.88 bits per heavy atom. The highest BCUT2D eigenvalue weighted by molar-refractivity contribution is 5.85. The number of carbonyl (C=O) groups is 2. The Kier molecular flexibility index (Phi) is 7.18. The van der Waals surface area contributed by atoms with Crippen LogP contribution in [0.5, 0.6) is 0 Å². The molecule has 2 heterocycles. The second kappa shape index (κ2) is 9.90. The Labute approximate surface area is 191 Å². The first kappa shape index (κ1) is 23.2. The van der Waals surface area contributed by atoms with Gasteiger partial charge in [-0.05, 0) is 30.7 Å². The largest absolute Gasteiger partial charge is 0.342 e. The number of hydrogen-bond acceptors (Lipinski definition) is 3. The zero-order chi connectivity index (χ0) is 22.7. The van der Waals surface area contributed by atoms with E-state index in [1.807, 2.05) is 15.9 Å². The van der Waals surface area contributed by atoms with Gasteiger partial charge in [0.1, 0.15) is 5.82 Å². The minimum absolute atomic E-state index is 0.0583. The third-order valence-electron chi connectivity index (χ3n) is 7.70. The number of likely N-dealkylation sites (tertiary alicyclic amines) is 1. The minimum atomic E-state index is -0.499. The molecule has 3 fully saturated rings. The molecule has 0 aromatic heterocycles. The predicted molar refractivity (Wildman–Crippen MR) is 123 cm³/mol. The topological polar surface area (TPSA) is 52.7 Å². The second-order valence-electron chi connectivity index (χ2n) is 10.4. The van der Waals surface area contributed by atoms with Crippen molar-refractivity contribution in [3.05, 3.63) is 35.6 Å². The third-order valence-corrected chi connectivity index (χ3v) is 7.70. The zero-order valence-electron chi connectivity index (χ0n) is 19.6. The molecule has 1 atom stereocenters. The molecule has 32 heavy (non-hydrogen) atoms. The summed E-state index contributed by atoms with van der Waals surface area (Å²) in [5, 5.41) is 3.63. The molecule has 1 N–H and O–H groups in total. The standard InChI is InChI=1S/C26H38FN3O2/c1-19(2)17-23-25(32)30(18-21-9-5-6-10-22(21)27)26(28-23)13-15-29(16-14-26)24(31)12-11-20-7-3-4-8-20/h5-6,9-10,19-20,23,28H,3-4,7-8,11-18H2,1-2H3. The van der Waals surface area contributed by atoms with Crippen molar-refractivity contribution in [3.8, 4) is 0 Å². The van der Waals surface area contributed by atoms with Crippen LogP contribution in [0.25, 0.3) is 0 Å². The third kappa shape index (κ3) is 5.00. The summed E-state index contributed by atoms with van der Waals surface area (Å²) in [6, 6.07) is 6.46. The molecular weight excluding hydrogens is 405 g/mol. The molecule has 0 bridgehead atoms. The SMILES string of the molecule is CC(C)CC1NC2(CCN(C(=O)CCC3CCCC3)CC2)N(Cc2ccccc2F)C1=O. The van der Waals surface area contributed by atoms with E-state index in [2.05, 4.69) is 19.2 Å². The number of benzene rings is 1. The summed E-state index contributed by atoms with van der Waals surface area (Å²) in [7, 11) is 0. The molecule has 1 spiro atoms. The van der Waals surface area contributed by atoms with Gasteiger partial charge >= 0.3 is 0 Å². The monoisotopic (exact) mass is 443 g/mol. The van der Waals surface area contributed by atoms with Crippen LogP contribution in [-0.2, 0) is 16.1 Å². The van der Waals surface area contributed by atoms with Crippen molar-refractivity contribution < 1.29 is 14.0 Å². The molecule has 2 saturated heterocycles. The molecule has 176 valence electrons. The molecule has 1 unspecified atom stereocenters. The first-order valence-electron chi connectivity index (χ1n) is 12.5. The summed E-state index contributed by atoms with van der Waals surface area (Å²) >= 11 is 0. The molecule has 2 aliphatic heterocycles. The number of hydrogen-bond donors (Lipinski definition) is 1. The molecular formula is C26H38FN3O2. The van der Waals surface area contributed by atoms with E-state index in [4.69, 9.17) is 0 Å². The lowest BCUT2D eigenvalue weighted by atomic mass is 9.94. The lowest BCUT2D eigenvalue weighted by Crippen LogP contribution is -2.59. The number of carbonyl (C=O) groups excluding carboxylic acids is 2.